The lowest BCUT2D eigenvalue weighted by Gasteiger charge is -2.08. The Bertz CT molecular complexity index is 866. The first-order valence-electron chi connectivity index (χ1n) is 8.24. The van der Waals surface area contributed by atoms with Gasteiger partial charge in [-0.1, -0.05) is 18.2 Å². The van der Waals surface area contributed by atoms with Crippen LogP contribution in [0, 0.1) is 0 Å². The van der Waals surface area contributed by atoms with Gasteiger partial charge in [0.15, 0.2) is 6.61 Å². The Morgan fingerprint density at radius 3 is 2.37 bits per heavy atom. The molecule has 0 radical (unpaired) electrons. The van der Waals surface area contributed by atoms with Gasteiger partial charge in [0, 0.05) is 17.2 Å². The Balaban J connectivity index is 1.83. The zero-order valence-electron chi connectivity index (χ0n) is 14.8. The van der Waals surface area contributed by atoms with E-state index >= 15 is 0 Å². The number of carbonyl (C=O) groups excluding carboxylic acids is 1. The van der Waals surface area contributed by atoms with Gasteiger partial charge in [0.05, 0.1) is 22.3 Å². The molecule has 2 rings (SSSR count). The highest BCUT2D eigenvalue weighted by Gasteiger charge is 2.13. The maximum atomic E-state index is 12.3. The monoisotopic (exact) mass is 411 g/mol. The fraction of sp³-hybridized carbons (Fsp3) is 0.278. The zero-order chi connectivity index (χ0) is 19.7. The highest BCUT2D eigenvalue weighted by molar-refractivity contribution is 7.89. The minimum atomic E-state index is -3.61. The van der Waals surface area contributed by atoms with Crippen LogP contribution in [-0.4, -0.2) is 44.1 Å². The van der Waals surface area contributed by atoms with Gasteiger partial charge in [0.25, 0.3) is 0 Å². The van der Waals surface area contributed by atoms with Gasteiger partial charge in [0.2, 0.25) is 10.0 Å². The van der Waals surface area contributed by atoms with E-state index in [0.29, 0.717) is 10.6 Å². The number of esters is 1. The predicted octanol–water partition coefficient (Wildman–Crippen LogP) is 1.71. The quantitative estimate of drug-likeness (QED) is 0.598. The Hall–Kier alpha value is -2.23. The molecule has 0 saturated carbocycles. The topological polar surface area (TPSA) is 98.8 Å². The van der Waals surface area contributed by atoms with Crippen LogP contribution in [0.15, 0.2) is 64.4 Å². The molecular formula is C18H21NO6S2. The SMILES string of the molecule is CCOC(=O)COc1ccc(S(=O)CCNS(=O)(=O)c2ccccc2)cc1. The first-order chi connectivity index (χ1) is 12.9. The van der Waals surface area contributed by atoms with Gasteiger partial charge < -0.3 is 9.47 Å². The van der Waals surface area contributed by atoms with E-state index in [9.17, 15) is 17.4 Å². The third-order valence-corrected chi connectivity index (χ3v) is 6.23. The molecule has 7 nitrogen and oxygen atoms in total. The van der Waals surface area contributed by atoms with E-state index < -0.39 is 26.8 Å². The summed E-state index contributed by atoms with van der Waals surface area (Å²) in [7, 11) is -4.99. The summed E-state index contributed by atoms with van der Waals surface area (Å²) >= 11 is 0. The molecule has 0 spiro atoms. The summed E-state index contributed by atoms with van der Waals surface area (Å²) in [4.78, 5) is 11.9. The molecule has 0 aromatic heterocycles. The molecule has 0 bridgehead atoms. The average Bonchev–Trinajstić information content (AvgIpc) is 2.67. The second-order valence-electron chi connectivity index (χ2n) is 5.33. The van der Waals surface area contributed by atoms with Crippen molar-refractivity contribution in [2.45, 2.75) is 16.7 Å². The van der Waals surface area contributed by atoms with Crippen LogP contribution in [0.3, 0.4) is 0 Å². The van der Waals surface area contributed by atoms with Gasteiger partial charge in [-0.05, 0) is 43.3 Å². The third kappa shape index (κ3) is 6.78. The van der Waals surface area contributed by atoms with Crippen molar-refractivity contribution in [3.8, 4) is 5.75 Å². The number of sulfonamides is 1. The summed E-state index contributed by atoms with van der Waals surface area (Å²) < 4.78 is 49.0. The van der Waals surface area contributed by atoms with Gasteiger partial charge in [-0.25, -0.2) is 17.9 Å². The van der Waals surface area contributed by atoms with Crippen molar-refractivity contribution in [3.63, 3.8) is 0 Å². The van der Waals surface area contributed by atoms with E-state index in [2.05, 4.69) is 4.72 Å². The second-order valence-corrected chi connectivity index (χ2v) is 8.66. The van der Waals surface area contributed by atoms with E-state index in [1.54, 1.807) is 49.4 Å². The highest BCUT2D eigenvalue weighted by atomic mass is 32.2. The number of ether oxygens (including phenoxy) is 2. The van der Waals surface area contributed by atoms with Gasteiger partial charge >= 0.3 is 5.97 Å². The lowest BCUT2D eigenvalue weighted by atomic mass is 10.3. The molecule has 2 aromatic rings. The van der Waals surface area contributed by atoms with Crippen molar-refractivity contribution in [1.82, 2.24) is 4.72 Å². The minimum Gasteiger partial charge on any atom is -0.482 e. The molecule has 0 amide bonds. The molecule has 27 heavy (non-hydrogen) atoms. The molecule has 1 N–H and O–H groups in total. The van der Waals surface area contributed by atoms with Crippen molar-refractivity contribution in [2.24, 2.45) is 0 Å². The van der Waals surface area contributed by atoms with Gasteiger partial charge in [-0.15, -0.1) is 0 Å². The number of nitrogens with one attached hydrogen (secondary N) is 1. The summed E-state index contributed by atoms with van der Waals surface area (Å²) in [6, 6.07) is 14.4. The first kappa shape index (κ1) is 21.1. The lowest BCUT2D eigenvalue weighted by molar-refractivity contribution is -0.145. The molecule has 146 valence electrons. The normalized spacial score (nSPS) is 12.3. The second kappa shape index (κ2) is 10.2. The van der Waals surface area contributed by atoms with Crippen LogP contribution in [-0.2, 0) is 30.4 Å². The largest absolute Gasteiger partial charge is 0.482 e. The molecule has 2 aromatic carbocycles. The molecular weight excluding hydrogens is 390 g/mol. The van der Waals surface area contributed by atoms with Crippen molar-refractivity contribution in [2.75, 3.05) is 25.5 Å². The molecule has 0 aliphatic carbocycles. The van der Waals surface area contributed by atoms with Crippen LogP contribution in [0.2, 0.25) is 0 Å². The summed E-state index contributed by atoms with van der Waals surface area (Å²) in [5.41, 5.74) is 0. The maximum absolute atomic E-state index is 12.3. The Morgan fingerprint density at radius 2 is 1.74 bits per heavy atom. The molecule has 0 heterocycles. The van der Waals surface area contributed by atoms with Gasteiger partial charge in [-0.3, -0.25) is 4.21 Å². The van der Waals surface area contributed by atoms with Gasteiger partial charge in [-0.2, -0.15) is 0 Å². The summed E-state index contributed by atoms with van der Waals surface area (Å²) in [6.07, 6.45) is 0. The van der Waals surface area contributed by atoms with Crippen LogP contribution < -0.4 is 9.46 Å². The number of carbonyl (C=O) groups is 1. The third-order valence-electron chi connectivity index (χ3n) is 3.38. The summed E-state index contributed by atoms with van der Waals surface area (Å²) in [5.74, 6) is 0.124. The van der Waals surface area contributed by atoms with E-state index in [0.717, 1.165) is 0 Å². The molecule has 0 aliphatic heterocycles. The molecule has 1 atom stereocenters. The van der Waals surface area contributed by atoms with Crippen molar-refractivity contribution < 1.29 is 26.9 Å². The van der Waals surface area contributed by atoms with Crippen molar-refractivity contribution in [1.29, 1.82) is 0 Å². The maximum Gasteiger partial charge on any atom is 0.344 e. The molecule has 9 heteroatoms. The Labute approximate surface area is 161 Å². The molecule has 0 saturated heterocycles. The van der Waals surface area contributed by atoms with Crippen LogP contribution in [0.25, 0.3) is 0 Å². The zero-order valence-corrected chi connectivity index (χ0v) is 16.4. The Kier molecular flexibility index (Phi) is 7.96. The fourth-order valence-corrected chi connectivity index (χ4v) is 4.25. The fourth-order valence-electron chi connectivity index (χ4n) is 2.10. The van der Waals surface area contributed by atoms with Crippen LogP contribution >= 0.6 is 0 Å². The molecule has 1 unspecified atom stereocenters. The number of rotatable bonds is 10. The van der Waals surface area contributed by atoms with E-state index in [1.807, 2.05) is 0 Å². The van der Waals surface area contributed by atoms with Crippen LogP contribution in [0.4, 0.5) is 0 Å². The molecule has 0 aliphatic rings. The van der Waals surface area contributed by atoms with E-state index in [4.69, 9.17) is 9.47 Å². The first-order valence-corrected chi connectivity index (χ1v) is 11.0. The summed E-state index contributed by atoms with van der Waals surface area (Å²) in [5, 5.41) is 0. The minimum absolute atomic E-state index is 0.0466. The smallest absolute Gasteiger partial charge is 0.344 e. The van der Waals surface area contributed by atoms with Crippen LogP contribution in [0.5, 0.6) is 5.75 Å². The van der Waals surface area contributed by atoms with Crippen molar-refractivity contribution in [3.05, 3.63) is 54.6 Å². The van der Waals surface area contributed by atoms with E-state index in [1.165, 1.54) is 12.1 Å². The van der Waals surface area contributed by atoms with Gasteiger partial charge in [0.1, 0.15) is 5.75 Å². The van der Waals surface area contributed by atoms with E-state index in [-0.39, 0.29) is 30.4 Å². The average molecular weight is 412 g/mol. The number of benzene rings is 2. The standard InChI is InChI=1S/C18H21NO6S2/c1-2-24-18(20)14-25-15-8-10-16(11-9-15)26(21)13-12-19-27(22,23)17-6-4-3-5-7-17/h3-11,19H,2,12-14H2,1H3. The van der Waals surface area contributed by atoms with Crippen molar-refractivity contribution >= 4 is 26.8 Å². The predicted molar refractivity (Wildman–Crippen MR) is 101 cm³/mol. The number of hydrogen-bond donors (Lipinski definition) is 1. The number of hydrogen-bond acceptors (Lipinski definition) is 6. The highest BCUT2D eigenvalue weighted by Crippen LogP contribution is 2.15. The van der Waals surface area contributed by atoms with Crippen LogP contribution in [0.1, 0.15) is 6.92 Å². The summed E-state index contributed by atoms with van der Waals surface area (Å²) in [6.45, 7) is 1.85. The molecule has 0 fully saturated rings. The Morgan fingerprint density at radius 1 is 1.07 bits per heavy atom. The lowest BCUT2D eigenvalue weighted by Crippen LogP contribution is -2.27.